The highest BCUT2D eigenvalue weighted by Gasteiger charge is 2.52. The van der Waals surface area contributed by atoms with Gasteiger partial charge in [0.25, 0.3) is 5.91 Å². The third kappa shape index (κ3) is 2.56. The zero-order valence-electron chi connectivity index (χ0n) is 15.9. The Hall–Kier alpha value is -3.81. The summed E-state index contributed by atoms with van der Waals surface area (Å²) < 4.78 is 5.28. The Morgan fingerprint density at radius 3 is 2.45 bits per heavy atom. The van der Waals surface area contributed by atoms with Crippen LogP contribution in [-0.2, 0) is 4.79 Å². The van der Waals surface area contributed by atoms with Crippen LogP contribution >= 0.6 is 0 Å². The minimum Gasteiger partial charge on any atom is -0.497 e. The number of nitrogens with zero attached hydrogens (tertiary/aromatic N) is 4. The molecule has 0 saturated carbocycles. The van der Waals surface area contributed by atoms with E-state index < -0.39 is 18.2 Å². The van der Waals surface area contributed by atoms with Crippen LogP contribution in [0.15, 0.2) is 65.8 Å². The summed E-state index contributed by atoms with van der Waals surface area (Å²) in [6, 6.07) is 16.5. The molecule has 29 heavy (non-hydrogen) atoms. The van der Waals surface area contributed by atoms with Gasteiger partial charge in [-0.1, -0.05) is 30.3 Å². The number of carbonyl (C=O) groups is 2. The quantitative estimate of drug-likeness (QED) is 0.870. The predicted octanol–water partition coefficient (Wildman–Crippen LogP) is 2.06. The van der Waals surface area contributed by atoms with E-state index in [2.05, 4.69) is 5.32 Å². The number of fused-ring (bicyclic) bond motifs is 3. The molecule has 2 atom stereocenters. The largest absolute Gasteiger partial charge is 0.497 e. The summed E-state index contributed by atoms with van der Waals surface area (Å²) in [5.74, 6) is 1.01. The molecule has 3 heterocycles. The number of methoxy groups -OCH3 is 1. The van der Waals surface area contributed by atoms with Gasteiger partial charge >= 0.3 is 6.03 Å². The minimum atomic E-state index is -0.602. The van der Waals surface area contributed by atoms with Crippen molar-refractivity contribution in [2.75, 3.05) is 19.1 Å². The molecule has 5 rings (SSSR count). The van der Waals surface area contributed by atoms with Crippen molar-refractivity contribution in [3.8, 4) is 5.75 Å². The molecule has 8 nitrogen and oxygen atoms in total. The smallest absolute Gasteiger partial charge is 0.325 e. The molecule has 0 aliphatic carbocycles. The number of guanidine groups is 1. The van der Waals surface area contributed by atoms with E-state index >= 15 is 0 Å². The molecule has 3 aliphatic rings. The number of likely N-dealkylation sites (N-methyl/N-ethyl adjacent to an activating group) is 1. The summed E-state index contributed by atoms with van der Waals surface area (Å²) in [6.45, 7) is 0. The zero-order valence-corrected chi connectivity index (χ0v) is 15.9. The average Bonchev–Trinajstić information content (AvgIpc) is 3.29. The van der Waals surface area contributed by atoms with Crippen molar-refractivity contribution >= 4 is 29.3 Å². The lowest BCUT2D eigenvalue weighted by atomic mass is 10.1. The second-order valence-corrected chi connectivity index (χ2v) is 7.01. The fraction of sp³-hybridized carbons (Fsp3) is 0.190. The van der Waals surface area contributed by atoms with Crippen molar-refractivity contribution in [1.82, 2.24) is 15.1 Å². The summed E-state index contributed by atoms with van der Waals surface area (Å²) in [5, 5.41) is 2.41. The first-order valence-corrected chi connectivity index (χ1v) is 9.24. The van der Waals surface area contributed by atoms with E-state index in [1.165, 1.54) is 4.90 Å². The average molecular weight is 389 g/mol. The van der Waals surface area contributed by atoms with Gasteiger partial charge in [-0.3, -0.25) is 19.9 Å². The highest BCUT2D eigenvalue weighted by Crippen LogP contribution is 2.39. The zero-order chi connectivity index (χ0) is 20.1. The normalized spacial score (nSPS) is 22.8. The van der Waals surface area contributed by atoms with Gasteiger partial charge in [-0.15, -0.1) is 0 Å². The van der Waals surface area contributed by atoms with Gasteiger partial charge in [0.15, 0.2) is 12.2 Å². The van der Waals surface area contributed by atoms with Crippen molar-refractivity contribution in [2.45, 2.75) is 12.2 Å². The van der Waals surface area contributed by atoms with E-state index in [1.54, 1.807) is 14.2 Å². The van der Waals surface area contributed by atoms with Crippen LogP contribution in [-0.4, -0.2) is 54.1 Å². The van der Waals surface area contributed by atoms with Gasteiger partial charge in [-0.25, -0.2) is 9.79 Å². The molecule has 0 radical (unpaired) electrons. The van der Waals surface area contributed by atoms with Gasteiger partial charge in [0, 0.05) is 24.5 Å². The van der Waals surface area contributed by atoms with Crippen LogP contribution in [0.1, 0.15) is 5.56 Å². The molecule has 0 spiro atoms. The Morgan fingerprint density at radius 2 is 1.76 bits per heavy atom. The van der Waals surface area contributed by atoms with Gasteiger partial charge in [-0.2, -0.15) is 0 Å². The van der Waals surface area contributed by atoms with Gasteiger partial charge in [0.1, 0.15) is 5.75 Å². The number of aliphatic imine (C=N–C) groups is 1. The van der Waals surface area contributed by atoms with Crippen molar-refractivity contribution in [3.05, 3.63) is 66.4 Å². The lowest BCUT2D eigenvalue weighted by molar-refractivity contribution is -0.126. The summed E-state index contributed by atoms with van der Waals surface area (Å²) >= 11 is 0. The molecule has 1 N–H and O–H groups in total. The van der Waals surface area contributed by atoms with Crippen LogP contribution in [0.2, 0.25) is 0 Å². The Morgan fingerprint density at radius 1 is 1.03 bits per heavy atom. The first-order chi connectivity index (χ1) is 14.1. The maximum Gasteiger partial charge on any atom is 0.325 e. The number of carbonyl (C=O) groups excluding carboxylic acids is 2. The number of ether oxygens (including phenoxy) is 1. The lowest BCUT2D eigenvalue weighted by Gasteiger charge is -2.34. The van der Waals surface area contributed by atoms with E-state index in [0.29, 0.717) is 5.96 Å². The second kappa shape index (κ2) is 6.37. The number of nitrogens with one attached hydrogen (secondary N) is 1. The van der Waals surface area contributed by atoms with E-state index in [0.717, 1.165) is 22.7 Å². The molecular weight excluding hydrogens is 370 g/mol. The van der Waals surface area contributed by atoms with Crippen LogP contribution < -0.4 is 15.0 Å². The second-order valence-electron chi connectivity index (χ2n) is 7.01. The summed E-state index contributed by atoms with van der Waals surface area (Å²) in [7, 11) is 3.27. The fourth-order valence-corrected chi connectivity index (χ4v) is 3.88. The van der Waals surface area contributed by atoms with Gasteiger partial charge in [0.05, 0.1) is 12.8 Å². The van der Waals surface area contributed by atoms with E-state index in [4.69, 9.17) is 9.73 Å². The summed E-state index contributed by atoms with van der Waals surface area (Å²) in [6.07, 6.45) is 1.35. The Kier molecular flexibility index (Phi) is 3.80. The Bertz CT molecular complexity index is 1050. The number of hydrogen-bond acceptors (Lipinski definition) is 6. The monoisotopic (exact) mass is 389 g/mol. The lowest BCUT2D eigenvalue weighted by Crippen LogP contribution is -2.62. The molecule has 2 aromatic rings. The molecule has 2 aromatic carbocycles. The first kappa shape index (κ1) is 17.3. The number of amides is 3. The van der Waals surface area contributed by atoms with Crippen LogP contribution in [0.5, 0.6) is 5.75 Å². The Labute approximate surface area is 167 Å². The molecule has 2 unspecified atom stereocenters. The molecule has 1 fully saturated rings. The number of urea groups is 1. The van der Waals surface area contributed by atoms with E-state index in [-0.39, 0.29) is 5.91 Å². The van der Waals surface area contributed by atoms with Crippen LogP contribution in [0.3, 0.4) is 0 Å². The van der Waals surface area contributed by atoms with Gasteiger partial charge < -0.3 is 9.64 Å². The maximum absolute atomic E-state index is 12.6. The van der Waals surface area contributed by atoms with Crippen molar-refractivity contribution in [2.24, 2.45) is 4.99 Å². The number of hydrogen-bond donors (Lipinski definition) is 1. The highest BCUT2D eigenvalue weighted by atomic mass is 16.5. The van der Waals surface area contributed by atoms with Crippen LogP contribution in [0, 0.1) is 0 Å². The third-order valence-electron chi connectivity index (χ3n) is 5.38. The number of benzene rings is 2. The molecule has 8 heteroatoms. The molecule has 1 saturated heterocycles. The van der Waals surface area contributed by atoms with Gasteiger partial charge in [0.2, 0.25) is 5.96 Å². The first-order valence-electron chi connectivity index (χ1n) is 9.24. The van der Waals surface area contributed by atoms with Crippen molar-refractivity contribution in [3.63, 3.8) is 0 Å². The third-order valence-corrected chi connectivity index (χ3v) is 5.38. The SMILES string of the molecule is COc1ccc(N2C(c3ccccc3)=CN3C2=NC2C3C(=O)NC(=O)N2C)cc1. The topological polar surface area (TPSA) is 77.5 Å². The molecule has 0 bridgehead atoms. The van der Waals surface area contributed by atoms with Crippen LogP contribution in [0.4, 0.5) is 10.5 Å². The molecule has 3 amide bonds. The fourth-order valence-electron chi connectivity index (χ4n) is 3.88. The molecule has 146 valence electrons. The number of rotatable bonds is 3. The number of imide groups is 1. The van der Waals surface area contributed by atoms with Gasteiger partial charge in [-0.05, 0) is 24.3 Å². The van der Waals surface area contributed by atoms with E-state index in [9.17, 15) is 9.59 Å². The summed E-state index contributed by atoms with van der Waals surface area (Å²) in [4.78, 5) is 34.7. The molecule has 3 aliphatic heterocycles. The minimum absolute atomic E-state index is 0.350. The number of anilines is 1. The molecule has 0 aromatic heterocycles. The molecular formula is C21H19N5O3. The Balaban J connectivity index is 1.63. The summed E-state index contributed by atoms with van der Waals surface area (Å²) in [5.41, 5.74) is 2.79. The predicted molar refractivity (Wildman–Crippen MR) is 108 cm³/mol. The standard InChI is InChI=1S/C21H19N5O3/c1-24-18-17(19(27)23-21(24)28)25-12-16(13-6-4-3-5-7-13)26(20(25)22-18)14-8-10-15(29-2)11-9-14/h3-12,17-18H,1-2H3,(H,23,27,28). The highest BCUT2D eigenvalue weighted by molar-refractivity contribution is 6.16. The van der Waals surface area contributed by atoms with Crippen molar-refractivity contribution < 1.29 is 14.3 Å². The van der Waals surface area contributed by atoms with E-state index in [1.807, 2.05) is 70.6 Å². The van der Waals surface area contributed by atoms with Crippen LogP contribution in [0.25, 0.3) is 5.70 Å². The van der Waals surface area contributed by atoms with Crippen molar-refractivity contribution in [1.29, 1.82) is 0 Å². The maximum atomic E-state index is 12.6.